The van der Waals surface area contributed by atoms with Gasteiger partial charge in [0.15, 0.2) is 0 Å². The van der Waals surface area contributed by atoms with Crippen LogP contribution in [0, 0.1) is 0 Å². The van der Waals surface area contributed by atoms with Gasteiger partial charge in [0.25, 0.3) is 0 Å². The van der Waals surface area contributed by atoms with Gasteiger partial charge in [-0.15, -0.1) is 0 Å². The molecule has 0 aliphatic rings. The number of rotatable bonds is 14. The summed E-state index contributed by atoms with van der Waals surface area (Å²) in [5.41, 5.74) is 1.65. The molecular weight excluding hydrogens is 502 g/mol. The molecule has 0 aromatic heterocycles. The van der Waals surface area contributed by atoms with Crippen LogP contribution in [0.25, 0.3) is 0 Å². The lowest BCUT2D eigenvalue weighted by Crippen LogP contribution is -2.53. The number of halogens is 1. The summed E-state index contributed by atoms with van der Waals surface area (Å²) in [6, 6.07) is 15.5. The number of amides is 2. The minimum absolute atomic E-state index is 0.103. The van der Waals surface area contributed by atoms with Crippen LogP contribution in [0.3, 0.4) is 0 Å². The molecule has 198 valence electrons. The molecule has 2 rings (SSSR count). The van der Waals surface area contributed by atoms with Crippen molar-refractivity contribution >= 4 is 33.4 Å². The summed E-state index contributed by atoms with van der Waals surface area (Å²) in [4.78, 5) is 28.3. The Bertz CT molecular complexity index is 1080. The van der Waals surface area contributed by atoms with Crippen molar-refractivity contribution in [2.45, 2.75) is 45.4 Å². The summed E-state index contributed by atoms with van der Waals surface area (Å²) in [5, 5.41) is 3.48. The van der Waals surface area contributed by atoms with Gasteiger partial charge >= 0.3 is 0 Å². The zero-order valence-electron chi connectivity index (χ0n) is 21.3. The molecule has 36 heavy (non-hydrogen) atoms. The fourth-order valence-electron chi connectivity index (χ4n) is 3.46. The van der Waals surface area contributed by atoms with Crippen LogP contribution in [0.15, 0.2) is 54.6 Å². The van der Waals surface area contributed by atoms with Crippen molar-refractivity contribution in [3.63, 3.8) is 0 Å². The minimum Gasteiger partial charge on any atom is -0.379 e. The lowest BCUT2D eigenvalue weighted by molar-refractivity contribution is -0.141. The van der Waals surface area contributed by atoms with Gasteiger partial charge in [-0.25, -0.2) is 8.42 Å². The number of nitrogens with zero attached hydrogens (tertiary/aromatic N) is 2. The van der Waals surface area contributed by atoms with Crippen molar-refractivity contribution < 1.29 is 22.7 Å². The van der Waals surface area contributed by atoms with Gasteiger partial charge in [-0.2, -0.15) is 4.31 Å². The van der Waals surface area contributed by atoms with Crippen LogP contribution in [0.1, 0.15) is 31.4 Å². The van der Waals surface area contributed by atoms with E-state index in [1.807, 2.05) is 44.2 Å². The molecule has 8 nitrogen and oxygen atoms in total. The minimum atomic E-state index is -3.59. The number of hydrogen-bond acceptors (Lipinski definition) is 5. The second-order valence-electron chi connectivity index (χ2n) is 8.94. The largest absolute Gasteiger partial charge is 0.379 e. The highest BCUT2D eigenvalue weighted by molar-refractivity contribution is 7.88. The summed E-state index contributed by atoms with van der Waals surface area (Å²) in [5.74, 6) is -0.787. The van der Waals surface area contributed by atoms with E-state index >= 15 is 0 Å². The molecule has 1 N–H and O–H groups in total. The van der Waals surface area contributed by atoms with Crippen molar-refractivity contribution in [2.75, 3.05) is 33.0 Å². The molecule has 2 aromatic carbocycles. The van der Waals surface area contributed by atoms with Crippen molar-refractivity contribution in [1.82, 2.24) is 14.5 Å². The number of hydrogen-bond donors (Lipinski definition) is 1. The van der Waals surface area contributed by atoms with Crippen molar-refractivity contribution in [3.8, 4) is 0 Å². The standard InChI is InChI=1S/C26H36ClN3O5S/c1-20(2)35-16-8-15-28-26(32)24(17-21-9-6-5-7-10-21)30(18-22-11-13-23(27)14-12-22)25(31)19-29(3)36(4,33)34/h5-7,9-14,20,24H,8,15-19H2,1-4H3,(H,28,32). The van der Waals surface area contributed by atoms with Gasteiger partial charge in [0, 0.05) is 38.2 Å². The Morgan fingerprint density at radius 3 is 2.25 bits per heavy atom. The smallest absolute Gasteiger partial charge is 0.243 e. The first-order valence-electron chi connectivity index (χ1n) is 11.9. The molecule has 0 fully saturated rings. The molecule has 0 radical (unpaired) electrons. The Hall–Kier alpha value is -2.46. The highest BCUT2D eigenvalue weighted by Crippen LogP contribution is 2.17. The van der Waals surface area contributed by atoms with Crippen molar-refractivity contribution in [3.05, 3.63) is 70.7 Å². The third kappa shape index (κ3) is 10.3. The van der Waals surface area contributed by atoms with E-state index in [1.165, 1.54) is 11.9 Å². The molecule has 0 saturated carbocycles. The molecular formula is C26H36ClN3O5S. The number of nitrogens with one attached hydrogen (secondary N) is 1. The van der Waals surface area contributed by atoms with E-state index in [2.05, 4.69) is 5.32 Å². The summed E-state index contributed by atoms with van der Waals surface area (Å²) in [7, 11) is -2.25. The Morgan fingerprint density at radius 1 is 1.03 bits per heavy atom. The first-order chi connectivity index (χ1) is 17.0. The molecule has 10 heteroatoms. The van der Waals surface area contributed by atoms with Crippen molar-refractivity contribution in [2.24, 2.45) is 0 Å². The average molecular weight is 538 g/mol. The summed E-state index contributed by atoms with van der Waals surface area (Å²) < 4.78 is 30.5. The van der Waals surface area contributed by atoms with Gasteiger partial charge in [0.1, 0.15) is 6.04 Å². The summed E-state index contributed by atoms with van der Waals surface area (Å²) >= 11 is 6.02. The first-order valence-corrected chi connectivity index (χ1v) is 14.1. The third-order valence-corrected chi connectivity index (χ3v) is 7.05. The van der Waals surface area contributed by atoms with Gasteiger partial charge in [0.05, 0.1) is 18.9 Å². The van der Waals surface area contributed by atoms with Crippen LogP contribution in [0.2, 0.25) is 5.02 Å². The number of ether oxygens (including phenoxy) is 1. The third-order valence-electron chi connectivity index (χ3n) is 5.53. The monoisotopic (exact) mass is 537 g/mol. The topological polar surface area (TPSA) is 96.0 Å². The molecule has 1 atom stereocenters. The molecule has 0 bridgehead atoms. The van der Waals surface area contributed by atoms with E-state index < -0.39 is 22.0 Å². The fourth-order valence-corrected chi connectivity index (χ4v) is 3.93. The van der Waals surface area contributed by atoms with E-state index in [9.17, 15) is 18.0 Å². The first kappa shape index (κ1) is 29.8. The number of sulfonamides is 1. The van der Waals surface area contributed by atoms with Gasteiger partial charge in [-0.05, 0) is 43.5 Å². The van der Waals surface area contributed by atoms with E-state index in [1.54, 1.807) is 24.3 Å². The van der Waals surface area contributed by atoms with Gasteiger partial charge in [0.2, 0.25) is 21.8 Å². The van der Waals surface area contributed by atoms with Crippen molar-refractivity contribution in [1.29, 1.82) is 0 Å². The lowest BCUT2D eigenvalue weighted by Gasteiger charge is -2.32. The number of likely N-dealkylation sites (N-methyl/N-ethyl adjacent to an activating group) is 1. The number of carbonyl (C=O) groups excluding carboxylic acids is 2. The molecule has 1 unspecified atom stereocenters. The van der Waals surface area contributed by atoms with Crippen LogP contribution >= 0.6 is 11.6 Å². The highest BCUT2D eigenvalue weighted by atomic mass is 35.5. The fraction of sp³-hybridized carbons (Fsp3) is 0.462. The maximum Gasteiger partial charge on any atom is 0.243 e. The Balaban J connectivity index is 2.33. The molecule has 2 aromatic rings. The Kier molecular flexibility index (Phi) is 11.8. The zero-order valence-corrected chi connectivity index (χ0v) is 22.9. The van der Waals surface area contributed by atoms with E-state index in [0.29, 0.717) is 24.6 Å². The Labute approximate surface area is 219 Å². The maximum atomic E-state index is 13.5. The molecule has 0 heterocycles. The quantitative estimate of drug-likeness (QED) is 0.374. The molecule has 0 aliphatic heterocycles. The summed E-state index contributed by atoms with van der Waals surface area (Å²) in [6.45, 7) is 4.53. The second-order valence-corrected chi connectivity index (χ2v) is 11.5. The number of carbonyl (C=O) groups is 2. The highest BCUT2D eigenvalue weighted by Gasteiger charge is 2.31. The SMILES string of the molecule is CC(C)OCCCNC(=O)C(Cc1ccccc1)N(Cc1ccc(Cl)cc1)C(=O)CN(C)S(C)(=O)=O. The van der Waals surface area contributed by atoms with E-state index in [-0.39, 0.29) is 31.5 Å². The lowest BCUT2D eigenvalue weighted by atomic mass is 10.0. The van der Waals surface area contributed by atoms with Crippen LogP contribution in [-0.2, 0) is 37.3 Å². The van der Waals surface area contributed by atoms with Crippen LogP contribution < -0.4 is 5.32 Å². The zero-order chi connectivity index (χ0) is 26.7. The normalized spacial score (nSPS) is 12.5. The summed E-state index contributed by atoms with van der Waals surface area (Å²) in [6.07, 6.45) is 2.05. The van der Waals surface area contributed by atoms with Gasteiger partial charge < -0.3 is 15.0 Å². The molecule has 0 spiro atoms. The van der Waals surface area contributed by atoms with E-state index in [4.69, 9.17) is 16.3 Å². The Morgan fingerprint density at radius 2 is 1.67 bits per heavy atom. The molecule has 2 amide bonds. The van der Waals surface area contributed by atoms with Crippen LogP contribution in [0.4, 0.5) is 0 Å². The average Bonchev–Trinajstić information content (AvgIpc) is 2.82. The predicted octanol–water partition coefficient (Wildman–Crippen LogP) is 3.10. The second kappa shape index (κ2) is 14.3. The van der Waals surface area contributed by atoms with Gasteiger partial charge in [-0.3, -0.25) is 9.59 Å². The number of benzene rings is 2. The van der Waals surface area contributed by atoms with Crippen LogP contribution in [-0.4, -0.2) is 74.6 Å². The molecule has 0 saturated heterocycles. The maximum absolute atomic E-state index is 13.5. The van der Waals surface area contributed by atoms with E-state index in [0.717, 1.165) is 21.7 Å². The van der Waals surface area contributed by atoms with Gasteiger partial charge in [-0.1, -0.05) is 54.1 Å². The van der Waals surface area contributed by atoms with Crippen LogP contribution in [0.5, 0.6) is 0 Å². The predicted molar refractivity (Wildman–Crippen MR) is 142 cm³/mol. The molecule has 0 aliphatic carbocycles.